The Labute approximate surface area is 161 Å². The van der Waals surface area contributed by atoms with Crippen LogP contribution in [0.15, 0.2) is 83.0 Å². The number of carbonyl (C=O) groups excluding carboxylic acids is 2. The number of anilines is 1. The van der Waals surface area contributed by atoms with E-state index >= 15 is 0 Å². The molecule has 6 nitrogen and oxygen atoms in total. The maximum absolute atomic E-state index is 12.9. The topological polar surface area (TPSA) is 80.0 Å². The van der Waals surface area contributed by atoms with Crippen LogP contribution in [0.4, 0.5) is 5.69 Å². The SMILES string of the molecule is COc1cccc(/C(O)=C2/C(=O)C(=O)N(c3ccccc3)C2c2ccco2)c1. The first-order valence-electron chi connectivity index (χ1n) is 8.65. The summed E-state index contributed by atoms with van der Waals surface area (Å²) in [5.41, 5.74) is 0.884. The van der Waals surface area contributed by atoms with Crippen LogP contribution < -0.4 is 9.64 Å². The first-order chi connectivity index (χ1) is 13.6. The van der Waals surface area contributed by atoms with Gasteiger partial charge in [-0.25, -0.2) is 0 Å². The number of ether oxygens (including phenoxy) is 1. The molecule has 1 aliphatic rings. The van der Waals surface area contributed by atoms with E-state index in [1.54, 1.807) is 60.7 Å². The number of ketones is 1. The number of carbonyl (C=O) groups is 2. The molecule has 1 N–H and O–H groups in total. The van der Waals surface area contributed by atoms with Crippen LogP contribution in [-0.2, 0) is 9.59 Å². The molecule has 1 fully saturated rings. The largest absolute Gasteiger partial charge is 0.507 e. The number of hydrogen-bond acceptors (Lipinski definition) is 5. The third kappa shape index (κ3) is 2.85. The molecule has 140 valence electrons. The molecular formula is C22H17NO5. The minimum absolute atomic E-state index is 0.0305. The Hall–Kier alpha value is -3.80. The van der Waals surface area contributed by atoms with E-state index < -0.39 is 17.7 Å². The average molecular weight is 375 g/mol. The normalized spacial score (nSPS) is 18.5. The molecule has 3 aromatic rings. The van der Waals surface area contributed by atoms with E-state index in [1.165, 1.54) is 18.3 Å². The van der Waals surface area contributed by atoms with Gasteiger partial charge >= 0.3 is 0 Å². The third-order valence-corrected chi connectivity index (χ3v) is 4.63. The molecule has 1 aliphatic heterocycles. The summed E-state index contributed by atoms with van der Waals surface area (Å²) in [6.45, 7) is 0. The molecule has 1 unspecified atom stereocenters. The summed E-state index contributed by atoms with van der Waals surface area (Å²) in [5.74, 6) is -0.872. The number of amides is 1. The van der Waals surface area contributed by atoms with E-state index in [0.717, 1.165) is 0 Å². The zero-order valence-electron chi connectivity index (χ0n) is 15.0. The monoisotopic (exact) mass is 375 g/mol. The van der Waals surface area contributed by atoms with Crippen LogP contribution in [-0.4, -0.2) is 23.9 Å². The maximum Gasteiger partial charge on any atom is 0.300 e. The van der Waals surface area contributed by atoms with Gasteiger partial charge in [0.05, 0.1) is 18.9 Å². The minimum atomic E-state index is -0.872. The molecule has 1 aromatic heterocycles. The Bertz CT molecular complexity index is 1050. The van der Waals surface area contributed by atoms with Crippen molar-refractivity contribution in [3.8, 4) is 5.75 Å². The molecule has 4 rings (SSSR count). The molecule has 0 spiro atoms. The summed E-state index contributed by atoms with van der Waals surface area (Å²) in [7, 11) is 1.51. The number of Topliss-reactive ketones (excluding diaryl/α,β-unsaturated/α-hetero) is 1. The van der Waals surface area contributed by atoms with E-state index in [-0.39, 0.29) is 11.3 Å². The number of furan rings is 1. The van der Waals surface area contributed by atoms with Crippen molar-refractivity contribution in [2.75, 3.05) is 12.0 Å². The summed E-state index contributed by atoms with van der Waals surface area (Å²) in [6, 6.07) is 18.0. The van der Waals surface area contributed by atoms with E-state index in [2.05, 4.69) is 0 Å². The molecule has 0 radical (unpaired) electrons. The quantitative estimate of drug-likeness (QED) is 0.425. The molecule has 6 heteroatoms. The highest BCUT2D eigenvalue weighted by Gasteiger charge is 2.48. The molecular weight excluding hydrogens is 358 g/mol. The lowest BCUT2D eigenvalue weighted by Crippen LogP contribution is -2.29. The van der Waals surface area contributed by atoms with Crippen LogP contribution in [0.1, 0.15) is 17.4 Å². The van der Waals surface area contributed by atoms with Gasteiger partial charge in [-0.1, -0.05) is 30.3 Å². The van der Waals surface area contributed by atoms with Gasteiger partial charge in [-0.2, -0.15) is 0 Å². The highest BCUT2D eigenvalue weighted by molar-refractivity contribution is 6.51. The van der Waals surface area contributed by atoms with Crippen molar-refractivity contribution in [2.24, 2.45) is 0 Å². The number of methoxy groups -OCH3 is 1. The van der Waals surface area contributed by atoms with Gasteiger partial charge in [0.15, 0.2) is 0 Å². The van der Waals surface area contributed by atoms with Crippen LogP contribution in [0, 0.1) is 0 Å². The van der Waals surface area contributed by atoms with Gasteiger partial charge in [0, 0.05) is 11.3 Å². The Morgan fingerprint density at radius 1 is 1.04 bits per heavy atom. The summed E-state index contributed by atoms with van der Waals surface area (Å²) < 4.78 is 10.7. The van der Waals surface area contributed by atoms with Crippen LogP contribution in [0.3, 0.4) is 0 Å². The summed E-state index contributed by atoms with van der Waals surface area (Å²) in [6.07, 6.45) is 1.46. The number of nitrogens with zero attached hydrogens (tertiary/aromatic N) is 1. The second kappa shape index (κ2) is 7.08. The molecule has 0 bridgehead atoms. The lowest BCUT2D eigenvalue weighted by Gasteiger charge is -2.23. The van der Waals surface area contributed by atoms with Gasteiger partial charge in [-0.3, -0.25) is 14.5 Å². The zero-order chi connectivity index (χ0) is 19.7. The second-order valence-electron chi connectivity index (χ2n) is 6.25. The predicted molar refractivity (Wildman–Crippen MR) is 103 cm³/mol. The van der Waals surface area contributed by atoms with E-state index in [9.17, 15) is 14.7 Å². The number of aliphatic hydroxyl groups excluding tert-OH is 1. The lowest BCUT2D eigenvalue weighted by atomic mass is 9.99. The molecule has 2 heterocycles. The fourth-order valence-corrected chi connectivity index (χ4v) is 3.33. The number of para-hydroxylation sites is 1. The van der Waals surface area contributed by atoms with Gasteiger partial charge in [0.2, 0.25) is 0 Å². The minimum Gasteiger partial charge on any atom is -0.507 e. The molecule has 1 amide bonds. The molecule has 0 saturated carbocycles. The van der Waals surface area contributed by atoms with Gasteiger partial charge in [0.1, 0.15) is 23.3 Å². The van der Waals surface area contributed by atoms with Gasteiger partial charge < -0.3 is 14.3 Å². The maximum atomic E-state index is 12.9. The van der Waals surface area contributed by atoms with Crippen molar-refractivity contribution in [1.29, 1.82) is 0 Å². The Balaban J connectivity index is 1.92. The number of aliphatic hydroxyl groups is 1. The number of hydrogen-bond donors (Lipinski definition) is 1. The van der Waals surface area contributed by atoms with Crippen molar-refractivity contribution in [3.63, 3.8) is 0 Å². The Kier molecular flexibility index (Phi) is 4.45. The van der Waals surface area contributed by atoms with Crippen molar-refractivity contribution < 1.29 is 23.8 Å². The molecule has 28 heavy (non-hydrogen) atoms. The van der Waals surface area contributed by atoms with Crippen LogP contribution >= 0.6 is 0 Å². The Morgan fingerprint density at radius 2 is 1.82 bits per heavy atom. The predicted octanol–water partition coefficient (Wildman–Crippen LogP) is 3.91. The fraction of sp³-hybridized carbons (Fsp3) is 0.0909. The first kappa shape index (κ1) is 17.6. The highest BCUT2D eigenvalue weighted by atomic mass is 16.5. The average Bonchev–Trinajstić information content (AvgIpc) is 3.35. The smallest absolute Gasteiger partial charge is 0.300 e. The van der Waals surface area contributed by atoms with Gasteiger partial charge in [0.25, 0.3) is 11.7 Å². The van der Waals surface area contributed by atoms with E-state index in [0.29, 0.717) is 22.8 Å². The summed E-state index contributed by atoms with van der Waals surface area (Å²) in [5, 5.41) is 10.9. The third-order valence-electron chi connectivity index (χ3n) is 4.63. The van der Waals surface area contributed by atoms with Crippen molar-refractivity contribution in [2.45, 2.75) is 6.04 Å². The van der Waals surface area contributed by atoms with E-state index in [1.807, 2.05) is 6.07 Å². The van der Waals surface area contributed by atoms with Crippen LogP contribution in [0.5, 0.6) is 5.75 Å². The molecule has 2 aromatic carbocycles. The summed E-state index contributed by atoms with van der Waals surface area (Å²) >= 11 is 0. The van der Waals surface area contributed by atoms with Crippen LogP contribution in [0.25, 0.3) is 5.76 Å². The standard InChI is InChI=1S/C22H17NO5/c1-27-16-10-5-7-14(13-16)20(24)18-19(17-11-6-12-28-17)23(22(26)21(18)25)15-8-3-2-4-9-15/h2-13,19,24H,1H3/b20-18-. The Morgan fingerprint density at radius 3 is 2.50 bits per heavy atom. The lowest BCUT2D eigenvalue weighted by molar-refractivity contribution is -0.132. The van der Waals surface area contributed by atoms with Crippen molar-refractivity contribution in [3.05, 3.63) is 89.9 Å². The highest BCUT2D eigenvalue weighted by Crippen LogP contribution is 2.42. The van der Waals surface area contributed by atoms with Crippen molar-refractivity contribution >= 4 is 23.1 Å². The summed E-state index contributed by atoms with van der Waals surface area (Å²) in [4.78, 5) is 27.1. The van der Waals surface area contributed by atoms with Gasteiger partial charge in [-0.05, 0) is 36.4 Å². The zero-order valence-corrected chi connectivity index (χ0v) is 15.0. The number of benzene rings is 2. The second-order valence-corrected chi connectivity index (χ2v) is 6.25. The number of rotatable bonds is 4. The van der Waals surface area contributed by atoms with E-state index in [4.69, 9.17) is 9.15 Å². The first-order valence-corrected chi connectivity index (χ1v) is 8.65. The molecule has 0 aliphatic carbocycles. The van der Waals surface area contributed by atoms with Crippen molar-refractivity contribution in [1.82, 2.24) is 0 Å². The fourth-order valence-electron chi connectivity index (χ4n) is 3.33. The molecule has 1 saturated heterocycles. The van der Waals surface area contributed by atoms with Crippen LogP contribution in [0.2, 0.25) is 0 Å². The molecule has 1 atom stereocenters. The van der Waals surface area contributed by atoms with Gasteiger partial charge in [-0.15, -0.1) is 0 Å².